The molecule has 0 aromatic rings. The van der Waals surface area contributed by atoms with E-state index in [1.165, 1.54) is 0 Å². The van der Waals surface area contributed by atoms with E-state index in [0.717, 1.165) is 12.8 Å². The first-order chi connectivity index (χ1) is 7.83. The molecule has 0 aromatic heterocycles. The van der Waals surface area contributed by atoms with E-state index in [-0.39, 0.29) is 13.2 Å². The quantitative estimate of drug-likeness (QED) is 0.474. The van der Waals surface area contributed by atoms with Crippen LogP contribution in [0.25, 0.3) is 0 Å². The maximum Gasteiger partial charge on any atom is 0.342 e. The van der Waals surface area contributed by atoms with Gasteiger partial charge in [-0.1, -0.05) is 26.7 Å². The van der Waals surface area contributed by atoms with Gasteiger partial charge >= 0.3 is 15.2 Å². The second-order valence-electron chi connectivity index (χ2n) is 3.79. The Kier molecular flexibility index (Phi) is 8.56. The minimum atomic E-state index is -4.40. The van der Waals surface area contributed by atoms with Gasteiger partial charge in [0.2, 0.25) is 0 Å². The third-order valence-corrected chi connectivity index (χ3v) is 5.94. The van der Waals surface area contributed by atoms with E-state index in [0.29, 0.717) is 12.8 Å². The molecule has 0 bridgehead atoms. The lowest BCUT2D eigenvalue weighted by Gasteiger charge is -2.18. The Hall–Kier alpha value is 0.300. The molecule has 0 saturated heterocycles. The van der Waals surface area contributed by atoms with Crippen molar-refractivity contribution in [3.05, 3.63) is 0 Å². The molecule has 0 spiro atoms. The minimum Gasteiger partial charge on any atom is -0.324 e. The van der Waals surface area contributed by atoms with E-state index in [4.69, 9.17) is 18.8 Å². The lowest BCUT2D eigenvalue weighted by molar-refractivity contribution is 0.201. The highest BCUT2D eigenvalue weighted by atomic mass is 31.2. The first-order valence-corrected chi connectivity index (χ1v) is 9.28. The molecule has 0 aliphatic carbocycles. The molecule has 104 valence electrons. The summed E-state index contributed by atoms with van der Waals surface area (Å²) in [6, 6.07) is 0. The van der Waals surface area contributed by atoms with Crippen LogP contribution >= 0.6 is 15.2 Å². The number of rotatable bonds is 10. The molecule has 0 amide bonds. The van der Waals surface area contributed by atoms with Gasteiger partial charge in [-0.2, -0.15) is 0 Å². The van der Waals surface area contributed by atoms with Crippen LogP contribution in [-0.4, -0.2) is 28.9 Å². The van der Waals surface area contributed by atoms with E-state index in [2.05, 4.69) is 0 Å². The van der Waals surface area contributed by atoms with Gasteiger partial charge in [-0.05, 0) is 12.8 Å². The molecule has 0 radical (unpaired) electrons. The van der Waals surface area contributed by atoms with E-state index in [1.54, 1.807) is 0 Å². The fourth-order valence-corrected chi connectivity index (χ4v) is 4.39. The standard InChI is InChI=1S/C9H22O6P2/c1-3-5-7-14-17(13,9-16(10,11)12)15-8-6-4-2/h3-9H2,1-2H3,(H2,10,11,12). The molecular weight excluding hydrogens is 266 g/mol. The average Bonchev–Trinajstić information content (AvgIpc) is 2.15. The highest BCUT2D eigenvalue weighted by molar-refractivity contribution is 7.70. The van der Waals surface area contributed by atoms with E-state index in [1.807, 2.05) is 13.8 Å². The lowest BCUT2D eigenvalue weighted by atomic mass is 10.4. The average molecular weight is 288 g/mol. The van der Waals surface area contributed by atoms with Crippen molar-refractivity contribution in [2.24, 2.45) is 0 Å². The summed E-state index contributed by atoms with van der Waals surface area (Å²) in [4.78, 5) is 17.7. The molecule has 0 aliphatic heterocycles. The summed E-state index contributed by atoms with van der Waals surface area (Å²) in [6.07, 6.45) is 3.07. The minimum absolute atomic E-state index is 0.194. The molecule has 8 heteroatoms. The van der Waals surface area contributed by atoms with E-state index >= 15 is 0 Å². The Morgan fingerprint density at radius 2 is 1.35 bits per heavy atom. The first kappa shape index (κ1) is 17.3. The zero-order valence-corrected chi connectivity index (χ0v) is 12.2. The fraction of sp³-hybridized carbons (Fsp3) is 1.00. The molecule has 17 heavy (non-hydrogen) atoms. The van der Waals surface area contributed by atoms with Gasteiger partial charge in [-0.25, -0.2) is 0 Å². The summed E-state index contributed by atoms with van der Waals surface area (Å²) in [5.41, 5.74) is 0. The topological polar surface area (TPSA) is 93.1 Å². The van der Waals surface area contributed by atoms with Crippen LogP contribution in [0.1, 0.15) is 39.5 Å². The summed E-state index contributed by atoms with van der Waals surface area (Å²) in [7, 11) is -8.06. The Morgan fingerprint density at radius 3 is 1.65 bits per heavy atom. The van der Waals surface area contributed by atoms with Gasteiger partial charge in [0, 0.05) is 0 Å². The second kappa shape index (κ2) is 8.41. The zero-order chi connectivity index (χ0) is 13.4. The van der Waals surface area contributed by atoms with Crippen LogP contribution in [0.2, 0.25) is 0 Å². The van der Waals surface area contributed by atoms with Crippen molar-refractivity contribution in [1.29, 1.82) is 0 Å². The highest BCUT2D eigenvalue weighted by Gasteiger charge is 2.33. The van der Waals surface area contributed by atoms with Crippen LogP contribution < -0.4 is 0 Å². The lowest BCUT2D eigenvalue weighted by Crippen LogP contribution is -2.03. The monoisotopic (exact) mass is 288 g/mol. The Labute approximate surface area is 102 Å². The zero-order valence-electron chi connectivity index (χ0n) is 10.4. The molecule has 2 N–H and O–H groups in total. The number of unbranched alkanes of at least 4 members (excludes halogenated alkanes) is 2. The summed E-state index contributed by atoms with van der Waals surface area (Å²) < 4.78 is 33.0. The summed E-state index contributed by atoms with van der Waals surface area (Å²) in [6.45, 7) is 4.27. The predicted molar refractivity (Wildman–Crippen MR) is 66.2 cm³/mol. The van der Waals surface area contributed by atoms with Crippen LogP contribution in [0.4, 0.5) is 0 Å². The maximum atomic E-state index is 12.0. The number of hydrogen-bond acceptors (Lipinski definition) is 4. The van der Waals surface area contributed by atoms with Gasteiger partial charge in [0.25, 0.3) is 0 Å². The summed E-state index contributed by atoms with van der Waals surface area (Å²) in [5, 5.41) is 0. The van der Waals surface area contributed by atoms with Gasteiger partial charge < -0.3 is 18.8 Å². The van der Waals surface area contributed by atoms with Crippen LogP contribution in [0.15, 0.2) is 0 Å². The predicted octanol–water partition coefficient (Wildman–Crippen LogP) is 2.95. The first-order valence-electron chi connectivity index (χ1n) is 5.75. The third kappa shape index (κ3) is 9.95. The molecule has 0 fully saturated rings. The third-order valence-electron chi connectivity index (χ3n) is 1.93. The van der Waals surface area contributed by atoms with Crippen LogP contribution in [0.3, 0.4) is 0 Å². The molecule has 0 heterocycles. The van der Waals surface area contributed by atoms with Gasteiger partial charge in [-0.15, -0.1) is 0 Å². The van der Waals surface area contributed by atoms with Crippen LogP contribution in [0.5, 0.6) is 0 Å². The van der Waals surface area contributed by atoms with Crippen LogP contribution in [-0.2, 0) is 18.2 Å². The summed E-state index contributed by atoms with van der Waals surface area (Å²) in [5.74, 6) is -0.840. The highest BCUT2D eigenvalue weighted by Crippen LogP contribution is 2.59. The SMILES string of the molecule is CCCCOP(=O)(CP(=O)(O)O)OCCCC. The molecule has 6 nitrogen and oxygen atoms in total. The van der Waals surface area contributed by atoms with E-state index in [9.17, 15) is 9.13 Å². The molecular formula is C9H22O6P2. The van der Waals surface area contributed by atoms with Crippen molar-refractivity contribution in [1.82, 2.24) is 0 Å². The molecule has 0 unspecified atom stereocenters. The van der Waals surface area contributed by atoms with Crippen molar-refractivity contribution >= 4 is 15.2 Å². The van der Waals surface area contributed by atoms with Crippen molar-refractivity contribution in [2.75, 3.05) is 19.1 Å². The van der Waals surface area contributed by atoms with Gasteiger partial charge in [-0.3, -0.25) is 9.13 Å². The van der Waals surface area contributed by atoms with Crippen LogP contribution in [0, 0.1) is 0 Å². The Balaban J connectivity index is 4.35. The second-order valence-corrected chi connectivity index (χ2v) is 7.99. The van der Waals surface area contributed by atoms with Gasteiger partial charge in [0.15, 0.2) is 5.90 Å². The van der Waals surface area contributed by atoms with Crippen molar-refractivity contribution in [3.63, 3.8) is 0 Å². The molecule has 0 atom stereocenters. The van der Waals surface area contributed by atoms with Crippen molar-refractivity contribution in [3.8, 4) is 0 Å². The van der Waals surface area contributed by atoms with E-state index < -0.39 is 21.1 Å². The summed E-state index contributed by atoms with van der Waals surface area (Å²) >= 11 is 0. The Bertz CT molecular complexity index is 273. The number of hydrogen-bond donors (Lipinski definition) is 2. The van der Waals surface area contributed by atoms with Crippen molar-refractivity contribution in [2.45, 2.75) is 39.5 Å². The molecule has 0 aliphatic rings. The van der Waals surface area contributed by atoms with Crippen molar-refractivity contribution < 1.29 is 28.0 Å². The molecule has 0 saturated carbocycles. The molecule has 0 aromatic carbocycles. The Morgan fingerprint density at radius 1 is 0.941 bits per heavy atom. The fourth-order valence-electron chi connectivity index (χ4n) is 1.04. The maximum absolute atomic E-state index is 12.0. The normalized spacial score (nSPS) is 12.9. The largest absolute Gasteiger partial charge is 0.342 e. The molecule has 0 rings (SSSR count). The van der Waals surface area contributed by atoms with Gasteiger partial charge in [0.05, 0.1) is 13.2 Å². The van der Waals surface area contributed by atoms with Gasteiger partial charge in [0.1, 0.15) is 0 Å². The smallest absolute Gasteiger partial charge is 0.324 e.